The van der Waals surface area contributed by atoms with Crippen LogP contribution in [0.15, 0.2) is 49.1 Å². The average molecular weight is 326 g/mol. The lowest BCUT2D eigenvalue weighted by Crippen LogP contribution is -2.40. The zero-order valence-electron chi connectivity index (χ0n) is 13.3. The lowest BCUT2D eigenvalue weighted by molar-refractivity contribution is 0.0543. The first-order valence-electron chi connectivity index (χ1n) is 8.12. The first kappa shape index (κ1) is 15.1. The van der Waals surface area contributed by atoms with Crippen molar-refractivity contribution in [2.24, 2.45) is 0 Å². The summed E-state index contributed by atoms with van der Waals surface area (Å²) in [7, 11) is 0. The van der Waals surface area contributed by atoms with E-state index in [-0.39, 0.29) is 11.2 Å². The summed E-state index contributed by atoms with van der Waals surface area (Å²) in [6, 6.07) is 6.82. The van der Waals surface area contributed by atoms with Crippen LogP contribution in [0.1, 0.15) is 18.4 Å². The van der Waals surface area contributed by atoms with Crippen LogP contribution in [-0.2, 0) is 10.2 Å². The van der Waals surface area contributed by atoms with Gasteiger partial charge >= 0.3 is 0 Å². The number of halogens is 1. The third-order valence-electron chi connectivity index (χ3n) is 4.81. The summed E-state index contributed by atoms with van der Waals surface area (Å²) < 4.78 is 20.8. The number of ether oxygens (including phenoxy) is 1. The topological polar surface area (TPSA) is 51.5 Å². The minimum atomic E-state index is -0.210. The van der Waals surface area contributed by atoms with E-state index in [1.807, 2.05) is 28.9 Å². The highest BCUT2D eigenvalue weighted by atomic mass is 19.1. The third-order valence-corrected chi connectivity index (χ3v) is 4.81. The molecule has 124 valence electrons. The Labute approximate surface area is 139 Å². The lowest BCUT2D eigenvalue weighted by atomic mass is 9.74. The SMILES string of the molecule is Fc1ccc(C2(CNc3nccn4ccnc34)CCOCC2)cc1. The molecule has 2 aromatic heterocycles. The molecule has 0 amide bonds. The van der Waals surface area contributed by atoms with Gasteiger partial charge in [-0.2, -0.15) is 0 Å². The van der Waals surface area contributed by atoms with Crippen molar-refractivity contribution >= 4 is 11.5 Å². The van der Waals surface area contributed by atoms with E-state index >= 15 is 0 Å². The summed E-state index contributed by atoms with van der Waals surface area (Å²) in [5.74, 6) is 0.549. The number of aromatic nitrogens is 3. The Balaban J connectivity index is 1.63. The van der Waals surface area contributed by atoms with Crippen molar-refractivity contribution in [3.8, 4) is 0 Å². The standard InChI is InChI=1S/C18H19FN4O/c19-15-3-1-14(2-4-15)18(5-11-24-12-6-18)13-22-16-17-21-8-10-23(17)9-7-20-16/h1-4,7-10H,5-6,11-13H2,(H,20,22). The molecule has 3 heterocycles. The molecular weight excluding hydrogens is 307 g/mol. The van der Waals surface area contributed by atoms with E-state index in [9.17, 15) is 4.39 Å². The van der Waals surface area contributed by atoms with E-state index in [1.54, 1.807) is 12.4 Å². The summed E-state index contributed by atoms with van der Waals surface area (Å²) in [6.45, 7) is 2.13. The quantitative estimate of drug-likeness (QED) is 0.801. The molecule has 1 aromatic carbocycles. The Hall–Kier alpha value is -2.47. The predicted molar refractivity (Wildman–Crippen MR) is 89.6 cm³/mol. The summed E-state index contributed by atoms with van der Waals surface area (Å²) in [5, 5.41) is 3.45. The van der Waals surface area contributed by atoms with Crippen LogP contribution in [-0.4, -0.2) is 34.1 Å². The van der Waals surface area contributed by atoms with Gasteiger partial charge in [-0.15, -0.1) is 0 Å². The van der Waals surface area contributed by atoms with Gasteiger partial charge in [0.05, 0.1) is 0 Å². The van der Waals surface area contributed by atoms with Crippen LogP contribution in [0.25, 0.3) is 5.65 Å². The van der Waals surface area contributed by atoms with E-state index < -0.39 is 0 Å². The number of benzene rings is 1. The molecule has 1 saturated heterocycles. The second-order valence-corrected chi connectivity index (χ2v) is 6.19. The number of rotatable bonds is 4. The first-order valence-corrected chi connectivity index (χ1v) is 8.12. The van der Waals surface area contributed by atoms with Crippen molar-refractivity contribution in [3.63, 3.8) is 0 Å². The van der Waals surface area contributed by atoms with Crippen molar-refractivity contribution in [2.45, 2.75) is 18.3 Å². The van der Waals surface area contributed by atoms with Crippen molar-refractivity contribution in [1.29, 1.82) is 0 Å². The van der Waals surface area contributed by atoms with Crippen LogP contribution < -0.4 is 5.32 Å². The highest BCUT2D eigenvalue weighted by Crippen LogP contribution is 2.35. The van der Waals surface area contributed by atoms with Gasteiger partial charge in [-0.05, 0) is 30.5 Å². The summed E-state index contributed by atoms with van der Waals surface area (Å²) >= 11 is 0. The van der Waals surface area contributed by atoms with Crippen LogP contribution in [0.2, 0.25) is 0 Å². The van der Waals surface area contributed by atoms with Gasteiger partial charge in [0.1, 0.15) is 5.82 Å². The smallest absolute Gasteiger partial charge is 0.180 e. The van der Waals surface area contributed by atoms with Crippen LogP contribution >= 0.6 is 0 Å². The van der Waals surface area contributed by atoms with E-state index in [0.717, 1.165) is 29.9 Å². The predicted octanol–water partition coefficient (Wildman–Crippen LogP) is 3.03. The Bertz CT molecular complexity index is 824. The van der Waals surface area contributed by atoms with Gasteiger partial charge in [0.2, 0.25) is 0 Å². The van der Waals surface area contributed by atoms with Crippen molar-refractivity contribution < 1.29 is 9.13 Å². The van der Waals surface area contributed by atoms with Crippen molar-refractivity contribution in [3.05, 3.63) is 60.4 Å². The molecule has 0 saturated carbocycles. The highest BCUT2D eigenvalue weighted by Gasteiger charge is 2.34. The minimum Gasteiger partial charge on any atom is -0.381 e. The third kappa shape index (κ3) is 2.73. The van der Waals surface area contributed by atoms with Gasteiger partial charge in [-0.1, -0.05) is 12.1 Å². The number of fused-ring (bicyclic) bond motifs is 1. The molecule has 24 heavy (non-hydrogen) atoms. The summed E-state index contributed by atoms with van der Waals surface area (Å²) in [6.07, 6.45) is 9.06. The van der Waals surface area contributed by atoms with Crippen molar-refractivity contribution in [2.75, 3.05) is 25.1 Å². The molecular formula is C18H19FN4O. The number of nitrogens with zero attached hydrogens (tertiary/aromatic N) is 3. The molecule has 3 aromatic rings. The largest absolute Gasteiger partial charge is 0.381 e. The number of anilines is 1. The molecule has 0 spiro atoms. The number of imidazole rings is 1. The Kier molecular flexibility index (Phi) is 3.90. The first-order chi connectivity index (χ1) is 11.8. The van der Waals surface area contributed by atoms with Crippen LogP contribution in [0, 0.1) is 5.82 Å². The molecule has 6 heteroatoms. The summed E-state index contributed by atoms with van der Waals surface area (Å²) in [4.78, 5) is 8.77. The number of hydrogen-bond donors (Lipinski definition) is 1. The van der Waals surface area contributed by atoms with Gasteiger partial charge in [-0.25, -0.2) is 14.4 Å². The molecule has 1 N–H and O–H groups in total. The van der Waals surface area contributed by atoms with Gasteiger partial charge < -0.3 is 14.5 Å². The normalized spacial score (nSPS) is 17.0. The van der Waals surface area contributed by atoms with Crippen molar-refractivity contribution in [1.82, 2.24) is 14.4 Å². The van der Waals surface area contributed by atoms with Gasteiger partial charge in [0.25, 0.3) is 0 Å². The average Bonchev–Trinajstić information content (AvgIpc) is 3.10. The van der Waals surface area contributed by atoms with E-state index in [4.69, 9.17) is 4.74 Å². The number of nitrogens with one attached hydrogen (secondary N) is 1. The van der Waals surface area contributed by atoms with Crippen LogP contribution in [0.4, 0.5) is 10.2 Å². The summed E-state index contributed by atoms with van der Waals surface area (Å²) in [5.41, 5.74) is 1.85. The van der Waals surface area contributed by atoms with Gasteiger partial charge in [0, 0.05) is 50.0 Å². The fourth-order valence-corrected chi connectivity index (χ4v) is 3.36. The molecule has 1 fully saturated rings. The fraction of sp³-hybridized carbons (Fsp3) is 0.333. The van der Waals surface area contributed by atoms with E-state index in [2.05, 4.69) is 15.3 Å². The second kappa shape index (κ2) is 6.20. The van der Waals surface area contributed by atoms with Crippen LogP contribution in [0.3, 0.4) is 0 Å². The fourth-order valence-electron chi connectivity index (χ4n) is 3.36. The molecule has 0 bridgehead atoms. The van der Waals surface area contributed by atoms with E-state index in [1.165, 1.54) is 12.1 Å². The minimum absolute atomic E-state index is 0.0902. The molecule has 4 rings (SSSR count). The Morgan fingerprint density at radius 1 is 1.08 bits per heavy atom. The maximum atomic E-state index is 13.3. The van der Waals surface area contributed by atoms with Gasteiger partial charge in [-0.3, -0.25) is 0 Å². The maximum Gasteiger partial charge on any atom is 0.180 e. The molecule has 0 unspecified atom stereocenters. The molecule has 0 radical (unpaired) electrons. The highest BCUT2D eigenvalue weighted by molar-refractivity contribution is 5.62. The Morgan fingerprint density at radius 2 is 1.79 bits per heavy atom. The molecule has 0 atom stereocenters. The molecule has 1 aliphatic rings. The second-order valence-electron chi connectivity index (χ2n) is 6.19. The lowest BCUT2D eigenvalue weighted by Gasteiger charge is -2.38. The van der Waals surface area contributed by atoms with Crippen LogP contribution in [0.5, 0.6) is 0 Å². The Morgan fingerprint density at radius 3 is 2.54 bits per heavy atom. The monoisotopic (exact) mass is 326 g/mol. The van der Waals surface area contributed by atoms with Gasteiger partial charge in [0.15, 0.2) is 11.5 Å². The molecule has 5 nitrogen and oxygen atoms in total. The zero-order valence-corrected chi connectivity index (χ0v) is 13.3. The molecule has 0 aliphatic carbocycles. The maximum absolute atomic E-state index is 13.3. The van der Waals surface area contributed by atoms with E-state index in [0.29, 0.717) is 19.8 Å². The number of hydrogen-bond acceptors (Lipinski definition) is 4. The zero-order chi connectivity index (χ0) is 16.4. The molecule has 1 aliphatic heterocycles.